The highest BCUT2D eigenvalue weighted by Gasteiger charge is 2.20. The number of rotatable bonds is 5. The van der Waals surface area contributed by atoms with Crippen LogP contribution in [0.2, 0.25) is 0 Å². The maximum atomic E-state index is 3.86. The van der Waals surface area contributed by atoms with Gasteiger partial charge in [-0.2, -0.15) is 0 Å². The van der Waals surface area contributed by atoms with Crippen molar-refractivity contribution in [3.63, 3.8) is 0 Å². The van der Waals surface area contributed by atoms with Crippen LogP contribution in [0, 0.1) is 11.3 Å². The van der Waals surface area contributed by atoms with Gasteiger partial charge < -0.3 is 0 Å². The second kappa shape index (κ2) is 4.97. The van der Waals surface area contributed by atoms with Crippen molar-refractivity contribution in [1.82, 2.24) is 0 Å². The first kappa shape index (κ1) is 11.2. The van der Waals surface area contributed by atoms with Gasteiger partial charge in [-0.05, 0) is 17.8 Å². The van der Waals surface area contributed by atoms with Gasteiger partial charge in [0.15, 0.2) is 0 Å². The molecule has 0 saturated heterocycles. The predicted molar refractivity (Wildman–Crippen MR) is 56.2 cm³/mol. The van der Waals surface area contributed by atoms with Crippen molar-refractivity contribution < 1.29 is 0 Å². The molecule has 0 aromatic heterocycles. The van der Waals surface area contributed by atoms with Crippen molar-refractivity contribution in [2.75, 3.05) is 5.33 Å². The monoisotopic (exact) mass is 218 g/mol. The highest BCUT2D eigenvalue weighted by atomic mass is 79.9. The summed E-state index contributed by atoms with van der Waals surface area (Å²) in [5.74, 6) is 0.801. The molecule has 2 unspecified atom stereocenters. The third-order valence-electron chi connectivity index (χ3n) is 2.31. The van der Waals surface area contributed by atoms with Crippen molar-refractivity contribution in [3.8, 4) is 0 Å². The average Bonchev–Trinajstić information content (AvgIpc) is 2.04. The lowest BCUT2D eigenvalue weighted by Gasteiger charge is -2.26. The normalized spacial score (nSPS) is 18.9. The molecule has 0 aliphatic heterocycles. The minimum atomic E-state index is 0.287. The first-order valence-electron chi connectivity index (χ1n) is 4.27. The Morgan fingerprint density at radius 1 is 1.64 bits per heavy atom. The van der Waals surface area contributed by atoms with Gasteiger partial charge in [-0.3, -0.25) is 0 Å². The topological polar surface area (TPSA) is 0 Å². The fourth-order valence-electron chi connectivity index (χ4n) is 1.13. The van der Waals surface area contributed by atoms with Crippen molar-refractivity contribution in [3.05, 3.63) is 12.7 Å². The van der Waals surface area contributed by atoms with Crippen LogP contribution in [0.25, 0.3) is 0 Å². The van der Waals surface area contributed by atoms with Crippen molar-refractivity contribution >= 4 is 15.9 Å². The zero-order chi connectivity index (χ0) is 8.91. The first-order valence-corrected chi connectivity index (χ1v) is 5.39. The molecule has 0 aliphatic carbocycles. The molecule has 0 heterocycles. The molecule has 0 nitrogen and oxygen atoms in total. The maximum absolute atomic E-state index is 3.86. The van der Waals surface area contributed by atoms with E-state index in [1.165, 1.54) is 12.8 Å². The van der Waals surface area contributed by atoms with E-state index in [1.54, 1.807) is 0 Å². The summed E-state index contributed by atoms with van der Waals surface area (Å²) in [4.78, 5) is 0. The summed E-state index contributed by atoms with van der Waals surface area (Å²) >= 11 is 3.52. The molecule has 0 aliphatic rings. The van der Waals surface area contributed by atoms with Crippen LogP contribution in [0.1, 0.15) is 33.6 Å². The molecule has 2 atom stereocenters. The Morgan fingerprint density at radius 2 is 2.18 bits per heavy atom. The molecule has 11 heavy (non-hydrogen) atoms. The van der Waals surface area contributed by atoms with Gasteiger partial charge in [-0.15, -0.1) is 6.58 Å². The summed E-state index contributed by atoms with van der Waals surface area (Å²) in [6.07, 6.45) is 4.56. The second-order valence-electron chi connectivity index (χ2n) is 3.71. The molecule has 0 fully saturated rings. The Morgan fingerprint density at radius 3 is 2.45 bits per heavy atom. The van der Waals surface area contributed by atoms with Gasteiger partial charge in [-0.1, -0.05) is 49.2 Å². The Bertz CT molecular complexity index is 120. The fraction of sp³-hybridized carbons (Fsp3) is 0.800. The fourth-order valence-corrected chi connectivity index (χ4v) is 1.59. The Kier molecular flexibility index (Phi) is 5.07. The smallest absolute Gasteiger partial charge is 0.0120 e. The summed E-state index contributed by atoms with van der Waals surface area (Å²) in [7, 11) is 0. The molecule has 1 heteroatoms. The summed E-state index contributed by atoms with van der Waals surface area (Å²) in [6.45, 7) is 10.6. The summed E-state index contributed by atoms with van der Waals surface area (Å²) in [5.41, 5.74) is 0.287. The standard InChI is InChI=1S/C10H19Br/c1-5-9(3)7-10(4,6-2)8-11/h6,9H,2,5,7-8H2,1,3-4H3. The molecule has 0 spiro atoms. The lowest BCUT2D eigenvalue weighted by Crippen LogP contribution is -2.18. The zero-order valence-corrected chi connectivity index (χ0v) is 9.45. The Labute approximate surface area is 79.2 Å². The highest BCUT2D eigenvalue weighted by Crippen LogP contribution is 2.30. The summed E-state index contributed by atoms with van der Waals surface area (Å²) < 4.78 is 0. The van der Waals surface area contributed by atoms with Crippen LogP contribution in [0.15, 0.2) is 12.7 Å². The van der Waals surface area contributed by atoms with E-state index in [-0.39, 0.29) is 5.41 Å². The van der Waals surface area contributed by atoms with Gasteiger partial charge in [-0.25, -0.2) is 0 Å². The predicted octanol–water partition coefficient (Wildman–Crippen LogP) is 4.01. The van der Waals surface area contributed by atoms with Crippen molar-refractivity contribution in [1.29, 1.82) is 0 Å². The van der Waals surface area contributed by atoms with Crippen LogP contribution in [-0.2, 0) is 0 Å². The molecule has 0 aromatic rings. The van der Waals surface area contributed by atoms with E-state index in [2.05, 4.69) is 49.4 Å². The quantitative estimate of drug-likeness (QED) is 0.484. The zero-order valence-electron chi connectivity index (χ0n) is 7.86. The van der Waals surface area contributed by atoms with Crippen molar-refractivity contribution in [2.45, 2.75) is 33.6 Å². The molecule has 0 saturated carbocycles. The number of alkyl halides is 1. The van der Waals surface area contributed by atoms with Gasteiger partial charge in [0, 0.05) is 5.33 Å². The van der Waals surface area contributed by atoms with Gasteiger partial charge in [0.1, 0.15) is 0 Å². The molecule has 0 radical (unpaired) electrons. The molecule has 66 valence electrons. The summed E-state index contributed by atoms with van der Waals surface area (Å²) in [5, 5.41) is 1.02. The number of hydrogen-bond acceptors (Lipinski definition) is 0. The Balaban J connectivity index is 3.96. The highest BCUT2D eigenvalue weighted by molar-refractivity contribution is 9.09. The summed E-state index contributed by atoms with van der Waals surface area (Å²) in [6, 6.07) is 0. The molecule has 0 aromatic carbocycles. The van der Waals surface area contributed by atoms with Gasteiger partial charge in [0.05, 0.1) is 0 Å². The van der Waals surface area contributed by atoms with Crippen LogP contribution in [0.3, 0.4) is 0 Å². The largest absolute Gasteiger partial charge is 0.103 e. The molecule has 0 N–H and O–H groups in total. The molecule has 0 rings (SSSR count). The van der Waals surface area contributed by atoms with Crippen LogP contribution < -0.4 is 0 Å². The van der Waals surface area contributed by atoms with E-state index in [1.807, 2.05) is 0 Å². The molecular formula is C10H19Br. The van der Waals surface area contributed by atoms with Gasteiger partial charge >= 0.3 is 0 Å². The van der Waals surface area contributed by atoms with E-state index < -0.39 is 0 Å². The number of allylic oxidation sites excluding steroid dienone is 1. The van der Waals surface area contributed by atoms with Crippen LogP contribution in [-0.4, -0.2) is 5.33 Å². The van der Waals surface area contributed by atoms with E-state index in [0.717, 1.165) is 11.2 Å². The average molecular weight is 219 g/mol. The van der Waals surface area contributed by atoms with E-state index in [0.29, 0.717) is 0 Å². The third kappa shape index (κ3) is 3.95. The minimum Gasteiger partial charge on any atom is -0.103 e. The lowest BCUT2D eigenvalue weighted by molar-refractivity contribution is 0.351. The molecule has 0 bridgehead atoms. The molecule has 0 amide bonds. The van der Waals surface area contributed by atoms with E-state index >= 15 is 0 Å². The van der Waals surface area contributed by atoms with E-state index in [9.17, 15) is 0 Å². The van der Waals surface area contributed by atoms with Crippen LogP contribution in [0.5, 0.6) is 0 Å². The van der Waals surface area contributed by atoms with E-state index in [4.69, 9.17) is 0 Å². The number of hydrogen-bond donors (Lipinski definition) is 0. The van der Waals surface area contributed by atoms with Gasteiger partial charge in [0.25, 0.3) is 0 Å². The lowest BCUT2D eigenvalue weighted by atomic mass is 9.83. The van der Waals surface area contributed by atoms with Gasteiger partial charge in [0.2, 0.25) is 0 Å². The van der Waals surface area contributed by atoms with Crippen LogP contribution >= 0.6 is 15.9 Å². The van der Waals surface area contributed by atoms with Crippen LogP contribution in [0.4, 0.5) is 0 Å². The first-order chi connectivity index (χ1) is 5.08. The second-order valence-corrected chi connectivity index (χ2v) is 4.27. The minimum absolute atomic E-state index is 0.287. The third-order valence-corrected chi connectivity index (χ3v) is 3.59. The number of halogens is 1. The van der Waals surface area contributed by atoms with Crippen molar-refractivity contribution in [2.24, 2.45) is 11.3 Å². The Hall–Kier alpha value is 0.220. The molecular weight excluding hydrogens is 200 g/mol. The maximum Gasteiger partial charge on any atom is 0.0120 e. The SMILES string of the molecule is C=CC(C)(CBr)CC(C)CC.